The van der Waals surface area contributed by atoms with Gasteiger partial charge in [-0.2, -0.15) is 0 Å². The maximum Gasteiger partial charge on any atom is 0.264 e. The summed E-state index contributed by atoms with van der Waals surface area (Å²) in [6, 6.07) is 21.0. The number of halogens is 1. The average molecular weight is 558 g/mol. The lowest BCUT2D eigenvalue weighted by Gasteiger charge is -2.31. The van der Waals surface area contributed by atoms with E-state index in [-0.39, 0.29) is 23.0 Å². The second-order valence-electron chi connectivity index (χ2n) is 8.51. The molecule has 1 atom stereocenters. The number of carbonyl (C=O) groups excluding carboxylic acids is 2. The normalized spacial score (nSPS) is 11.9. The zero-order valence-electron chi connectivity index (χ0n) is 21.6. The fraction of sp³-hybridized carbons (Fsp3) is 0.286. The Morgan fingerprint density at radius 2 is 1.61 bits per heavy atom. The SMILES string of the molecule is CCOc1ccc(N(CC(=O)N(CCc2ccccc2)[C@H](C)C(=O)NC)S(=O)(=O)c2ccc(Cl)cc2)cc1. The van der Waals surface area contributed by atoms with Gasteiger partial charge in [0.25, 0.3) is 10.0 Å². The van der Waals surface area contributed by atoms with Crippen LogP contribution < -0.4 is 14.4 Å². The van der Waals surface area contributed by atoms with E-state index in [0.29, 0.717) is 23.8 Å². The van der Waals surface area contributed by atoms with Crippen molar-refractivity contribution in [3.63, 3.8) is 0 Å². The van der Waals surface area contributed by atoms with Gasteiger partial charge in [-0.15, -0.1) is 0 Å². The maximum absolute atomic E-state index is 13.8. The highest BCUT2D eigenvalue weighted by Crippen LogP contribution is 2.27. The minimum absolute atomic E-state index is 0.0150. The van der Waals surface area contributed by atoms with Crippen LogP contribution in [0, 0.1) is 0 Å². The van der Waals surface area contributed by atoms with Gasteiger partial charge in [0.05, 0.1) is 17.2 Å². The molecule has 0 radical (unpaired) electrons. The van der Waals surface area contributed by atoms with Crippen LogP contribution in [0.4, 0.5) is 5.69 Å². The molecule has 0 saturated carbocycles. The van der Waals surface area contributed by atoms with Crippen molar-refractivity contribution in [2.24, 2.45) is 0 Å². The molecule has 1 N–H and O–H groups in total. The maximum atomic E-state index is 13.8. The van der Waals surface area contributed by atoms with Gasteiger partial charge in [-0.3, -0.25) is 13.9 Å². The Morgan fingerprint density at radius 3 is 2.18 bits per heavy atom. The number of hydrogen-bond acceptors (Lipinski definition) is 5. The van der Waals surface area contributed by atoms with Crippen LogP contribution in [0.3, 0.4) is 0 Å². The second-order valence-corrected chi connectivity index (χ2v) is 10.8. The quantitative estimate of drug-likeness (QED) is 0.361. The number of anilines is 1. The molecule has 0 fully saturated rings. The van der Waals surface area contributed by atoms with Gasteiger partial charge in [0.2, 0.25) is 11.8 Å². The van der Waals surface area contributed by atoms with Crippen LogP contribution in [0.1, 0.15) is 19.4 Å². The average Bonchev–Trinajstić information content (AvgIpc) is 2.92. The molecule has 0 aliphatic heterocycles. The zero-order chi connectivity index (χ0) is 27.7. The molecular formula is C28H32ClN3O5S. The van der Waals surface area contributed by atoms with Gasteiger partial charge in [0.15, 0.2) is 0 Å². The van der Waals surface area contributed by atoms with Crippen LogP contribution in [0.25, 0.3) is 0 Å². The Balaban J connectivity index is 1.97. The summed E-state index contributed by atoms with van der Waals surface area (Å²) in [6.07, 6.45) is 0.501. The molecule has 0 spiro atoms. The molecule has 2 amide bonds. The number of nitrogens with one attached hydrogen (secondary N) is 1. The third-order valence-electron chi connectivity index (χ3n) is 6.01. The first kappa shape index (κ1) is 29.0. The number of ether oxygens (including phenoxy) is 1. The van der Waals surface area contributed by atoms with Crippen LogP contribution in [0.2, 0.25) is 5.02 Å². The molecule has 38 heavy (non-hydrogen) atoms. The topological polar surface area (TPSA) is 96.0 Å². The number of rotatable bonds is 12. The van der Waals surface area contributed by atoms with E-state index in [4.69, 9.17) is 16.3 Å². The molecule has 0 heterocycles. The molecule has 0 saturated heterocycles. The zero-order valence-corrected chi connectivity index (χ0v) is 23.2. The van der Waals surface area contributed by atoms with Crippen molar-refractivity contribution >= 4 is 39.1 Å². The molecule has 3 aromatic carbocycles. The van der Waals surface area contributed by atoms with Crippen molar-refractivity contribution in [3.05, 3.63) is 89.4 Å². The lowest BCUT2D eigenvalue weighted by molar-refractivity contribution is -0.138. The van der Waals surface area contributed by atoms with Gasteiger partial charge in [-0.05, 0) is 74.4 Å². The number of benzene rings is 3. The number of likely N-dealkylation sites (N-methyl/N-ethyl adjacent to an activating group) is 1. The first-order valence-corrected chi connectivity index (χ1v) is 14.0. The molecular weight excluding hydrogens is 526 g/mol. The largest absolute Gasteiger partial charge is 0.494 e. The highest BCUT2D eigenvalue weighted by Gasteiger charge is 2.32. The summed E-state index contributed by atoms with van der Waals surface area (Å²) in [5.74, 6) is -0.285. The van der Waals surface area contributed by atoms with E-state index in [1.54, 1.807) is 31.2 Å². The van der Waals surface area contributed by atoms with Gasteiger partial charge in [-0.1, -0.05) is 41.9 Å². The number of sulfonamides is 1. The van der Waals surface area contributed by atoms with Crippen LogP contribution >= 0.6 is 11.6 Å². The third kappa shape index (κ3) is 7.26. The van der Waals surface area contributed by atoms with Crippen molar-refractivity contribution < 1.29 is 22.7 Å². The number of amides is 2. The van der Waals surface area contributed by atoms with Gasteiger partial charge in [0.1, 0.15) is 18.3 Å². The van der Waals surface area contributed by atoms with E-state index in [0.717, 1.165) is 9.87 Å². The fourth-order valence-corrected chi connectivity index (χ4v) is 5.46. The molecule has 8 nitrogen and oxygen atoms in total. The van der Waals surface area contributed by atoms with E-state index >= 15 is 0 Å². The smallest absolute Gasteiger partial charge is 0.264 e. The molecule has 0 aliphatic carbocycles. The van der Waals surface area contributed by atoms with Gasteiger partial charge in [0, 0.05) is 18.6 Å². The van der Waals surface area contributed by atoms with Gasteiger partial charge < -0.3 is 15.0 Å². The van der Waals surface area contributed by atoms with E-state index in [1.165, 1.54) is 36.2 Å². The highest BCUT2D eigenvalue weighted by molar-refractivity contribution is 7.92. The third-order valence-corrected chi connectivity index (χ3v) is 8.05. The first-order chi connectivity index (χ1) is 18.2. The molecule has 3 rings (SSSR count). The Labute approximate surface area is 229 Å². The fourth-order valence-electron chi connectivity index (χ4n) is 3.92. The minimum Gasteiger partial charge on any atom is -0.494 e. The highest BCUT2D eigenvalue weighted by atomic mass is 35.5. The molecule has 0 aliphatic rings. The number of hydrogen-bond donors (Lipinski definition) is 1. The van der Waals surface area contributed by atoms with Crippen LogP contribution in [-0.2, 0) is 26.0 Å². The molecule has 0 bridgehead atoms. The second kappa shape index (κ2) is 13.3. The molecule has 3 aromatic rings. The Kier molecular flexibility index (Phi) is 10.2. The van der Waals surface area contributed by atoms with Crippen LogP contribution in [0.5, 0.6) is 5.75 Å². The van der Waals surface area contributed by atoms with Gasteiger partial charge >= 0.3 is 0 Å². The van der Waals surface area contributed by atoms with E-state index < -0.39 is 28.5 Å². The van der Waals surface area contributed by atoms with Crippen LogP contribution in [-0.4, -0.2) is 57.9 Å². The summed E-state index contributed by atoms with van der Waals surface area (Å²) in [6.45, 7) is 3.65. The van der Waals surface area contributed by atoms with Crippen molar-refractivity contribution in [3.8, 4) is 5.75 Å². The van der Waals surface area contributed by atoms with Gasteiger partial charge in [-0.25, -0.2) is 8.42 Å². The monoisotopic (exact) mass is 557 g/mol. The molecule has 0 aromatic heterocycles. The summed E-state index contributed by atoms with van der Waals surface area (Å²) in [5, 5.41) is 2.96. The molecule has 202 valence electrons. The summed E-state index contributed by atoms with van der Waals surface area (Å²) >= 11 is 5.97. The van der Waals surface area contributed by atoms with E-state index in [9.17, 15) is 18.0 Å². The summed E-state index contributed by atoms with van der Waals surface area (Å²) in [5.41, 5.74) is 1.28. The standard InChI is InChI=1S/C28H32ClN3O5S/c1-4-37-25-14-12-24(13-15-25)32(38(35,36)26-16-10-23(29)11-17-26)20-27(33)31(21(2)28(34)30-3)19-18-22-8-6-5-7-9-22/h5-17,21H,4,18-20H2,1-3H3,(H,30,34)/t21-/m1/s1. The first-order valence-electron chi connectivity index (χ1n) is 12.2. The summed E-state index contributed by atoms with van der Waals surface area (Å²) in [4.78, 5) is 27.6. The predicted octanol–water partition coefficient (Wildman–Crippen LogP) is 4.14. The summed E-state index contributed by atoms with van der Waals surface area (Å²) < 4.78 is 34.0. The lowest BCUT2D eigenvalue weighted by atomic mass is 10.1. The van der Waals surface area contributed by atoms with Crippen molar-refractivity contribution in [2.75, 3.05) is 31.0 Å². The van der Waals surface area contributed by atoms with Crippen LogP contribution in [0.15, 0.2) is 83.8 Å². The lowest BCUT2D eigenvalue weighted by Crippen LogP contribution is -2.51. The number of carbonyl (C=O) groups is 2. The minimum atomic E-state index is -4.16. The molecule has 0 unspecified atom stereocenters. The Bertz CT molecular complexity index is 1320. The number of nitrogens with zero attached hydrogens (tertiary/aromatic N) is 2. The van der Waals surface area contributed by atoms with Crippen molar-refractivity contribution in [1.29, 1.82) is 0 Å². The Hall–Kier alpha value is -3.56. The van der Waals surface area contributed by atoms with E-state index in [1.807, 2.05) is 37.3 Å². The predicted molar refractivity (Wildman–Crippen MR) is 149 cm³/mol. The van der Waals surface area contributed by atoms with E-state index in [2.05, 4.69) is 5.32 Å². The van der Waals surface area contributed by atoms with Crippen molar-refractivity contribution in [2.45, 2.75) is 31.2 Å². The van der Waals surface area contributed by atoms with Crippen molar-refractivity contribution in [1.82, 2.24) is 10.2 Å². The Morgan fingerprint density at radius 1 is 0.974 bits per heavy atom. The molecule has 10 heteroatoms. The summed E-state index contributed by atoms with van der Waals surface area (Å²) in [7, 11) is -2.66.